The van der Waals surface area contributed by atoms with E-state index in [9.17, 15) is 14.0 Å². The Kier molecular flexibility index (Phi) is 7.72. The van der Waals surface area contributed by atoms with Gasteiger partial charge in [-0.05, 0) is 50.4 Å². The number of piperidine rings is 1. The zero-order chi connectivity index (χ0) is 22.5. The molecule has 0 spiro atoms. The molecule has 0 radical (unpaired) electrons. The number of halogens is 1. The molecule has 32 heavy (non-hydrogen) atoms. The van der Waals surface area contributed by atoms with E-state index in [0.717, 1.165) is 44.6 Å². The topological polar surface area (TPSA) is 85.9 Å². The van der Waals surface area contributed by atoms with E-state index in [2.05, 4.69) is 21.1 Å². The molecule has 3 unspecified atom stereocenters. The molecule has 2 amide bonds. The van der Waals surface area contributed by atoms with E-state index in [-0.39, 0.29) is 35.4 Å². The number of nitrogens with zero attached hydrogens (tertiary/aromatic N) is 2. The molecule has 9 heteroatoms. The molecule has 0 bridgehead atoms. The molecule has 3 aliphatic rings. The Balaban J connectivity index is 1.38. The van der Waals surface area contributed by atoms with Crippen LogP contribution in [0.4, 0.5) is 4.39 Å². The average Bonchev–Trinajstić information content (AvgIpc) is 2.82. The van der Waals surface area contributed by atoms with Crippen molar-refractivity contribution >= 4 is 11.8 Å². The van der Waals surface area contributed by atoms with Crippen LogP contribution in [0.2, 0.25) is 0 Å². The van der Waals surface area contributed by atoms with Crippen LogP contribution in [0.5, 0.6) is 0 Å². The minimum absolute atomic E-state index is 0.0136. The number of hydrogen-bond donors (Lipinski definition) is 3. The van der Waals surface area contributed by atoms with Gasteiger partial charge in [0.15, 0.2) is 0 Å². The van der Waals surface area contributed by atoms with Crippen molar-refractivity contribution < 1.29 is 18.7 Å². The van der Waals surface area contributed by atoms with Crippen LogP contribution in [0.15, 0.2) is 18.2 Å². The van der Waals surface area contributed by atoms with E-state index in [4.69, 9.17) is 4.74 Å². The van der Waals surface area contributed by atoms with Gasteiger partial charge in [-0.2, -0.15) is 0 Å². The van der Waals surface area contributed by atoms with Gasteiger partial charge < -0.3 is 15.0 Å². The Bertz CT molecular complexity index is 815. The molecule has 3 fully saturated rings. The first-order valence-electron chi connectivity index (χ1n) is 11.7. The second-order valence-electron chi connectivity index (χ2n) is 8.82. The summed E-state index contributed by atoms with van der Waals surface area (Å²) in [5, 5.41) is 3.46. The van der Waals surface area contributed by atoms with Gasteiger partial charge in [-0.25, -0.2) is 9.82 Å². The van der Waals surface area contributed by atoms with Crippen LogP contribution in [-0.4, -0.2) is 86.2 Å². The summed E-state index contributed by atoms with van der Waals surface area (Å²) < 4.78 is 20.0. The van der Waals surface area contributed by atoms with Gasteiger partial charge in [0.1, 0.15) is 5.82 Å². The zero-order valence-electron chi connectivity index (χ0n) is 18.7. The summed E-state index contributed by atoms with van der Waals surface area (Å²) in [5.74, 6) is -0.784. The van der Waals surface area contributed by atoms with Crippen LogP contribution in [-0.2, 0) is 16.0 Å². The van der Waals surface area contributed by atoms with Crippen LogP contribution in [0, 0.1) is 11.7 Å². The molecule has 0 aromatic heterocycles. The molecule has 3 N–H and O–H groups in total. The summed E-state index contributed by atoms with van der Waals surface area (Å²) in [6, 6.07) is 4.81. The van der Waals surface area contributed by atoms with Crippen molar-refractivity contribution in [2.24, 2.45) is 5.92 Å². The van der Waals surface area contributed by atoms with Crippen molar-refractivity contribution in [3.63, 3.8) is 0 Å². The van der Waals surface area contributed by atoms with Crippen molar-refractivity contribution in [2.45, 2.75) is 38.3 Å². The summed E-state index contributed by atoms with van der Waals surface area (Å²) in [7, 11) is 0. The second-order valence-corrected chi connectivity index (χ2v) is 8.82. The normalized spacial score (nSPS) is 26.5. The molecule has 3 heterocycles. The molecule has 3 aliphatic heterocycles. The van der Waals surface area contributed by atoms with Gasteiger partial charge in [-0.15, -0.1) is 0 Å². The number of ether oxygens (including phenoxy) is 1. The Morgan fingerprint density at radius 3 is 2.84 bits per heavy atom. The number of carbonyl (C=O) groups excluding carboxylic acids is 2. The van der Waals surface area contributed by atoms with Crippen molar-refractivity contribution in [1.29, 1.82) is 0 Å². The molecule has 0 saturated carbocycles. The van der Waals surface area contributed by atoms with Crippen molar-refractivity contribution in [1.82, 2.24) is 26.0 Å². The Morgan fingerprint density at radius 2 is 2.06 bits per heavy atom. The summed E-state index contributed by atoms with van der Waals surface area (Å²) in [4.78, 5) is 29.2. The first-order chi connectivity index (χ1) is 15.6. The summed E-state index contributed by atoms with van der Waals surface area (Å²) >= 11 is 0. The quantitative estimate of drug-likeness (QED) is 0.529. The molecule has 176 valence electrons. The molecule has 3 atom stereocenters. The monoisotopic (exact) mass is 447 g/mol. The van der Waals surface area contributed by atoms with Crippen molar-refractivity contribution in [2.75, 3.05) is 52.5 Å². The maximum Gasteiger partial charge on any atom is 0.256 e. The Morgan fingerprint density at radius 1 is 1.25 bits per heavy atom. The molecule has 0 aliphatic carbocycles. The fourth-order valence-electron chi connectivity index (χ4n) is 4.95. The highest BCUT2D eigenvalue weighted by atomic mass is 19.1. The van der Waals surface area contributed by atoms with Crippen LogP contribution in [0.1, 0.15) is 35.7 Å². The molecule has 3 saturated heterocycles. The van der Waals surface area contributed by atoms with E-state index in [1.54, 1.807) is 17.0 Å². The third kappa shape index (κ3) is 5.28. The highest BCUT2D eigenvalue weighted by Gasteiger charge is 2.40. The number of benzene rings is 1. The fraction of sp³-hybridized carbons (Fsp3) is 0.652. The molecule has 1 aromatic carbocycles. The summed E-state index contributed by atoms with van der Waals surface area (Å²) in [6.45, 7) is 7.79. The third-order valence-electron chi connectivity index (χ3n) is 6.79. The third-order valence-corrected chi connectivity index (χ3v) is 6.79. The maximum absolute atomic E-state index is 14.6. The molecule has 4 rings (SSSR count). The van der Waals surface area contributed by atoms with Crippen LogP contribution >= 0.6 is 0 Å². The molecular weight excluding hydrogens is 413 g/mol. The van der Waals surface area contributed by atoms with Gasteiger partial charge in [0, 0.05) is 51.4 Å². The largest absolute Gasteiger partial charge is 0.380 e. The fourth-order valence-corrected chi connectivity index (χ4v) is 4.95. The lowest BCUT2D eigenvalue weighted by Gasteiger charge is -2.41. The predicted molar refractivity (Wildman–Crippen MR) is 119 cm³/mol. The predicted octanol–water partition coefficient (Wildman–Crippen LogP) is 0.534. The highest BCUT2D eigenvalue weighted by molar-refractivity contribution is 5.94. The van der Waals surface area contributed by atoms with Crippen molar-refractivity contribution in [3.05, 3.63) is 35.1 Å². The number of nitrogens with one attached hydrogen (secondary N) is 3. The lowest BCUT2D eigenvalue weighted by Crippen LogP contribution is -2.67. The van der Waals surface area contributed by atoms with Crippen LogP contribution < -0.4 is 16.2 Å². The number of hydrazine groups is 1. The van der Waals surface area contributed by atoms with Gasteiger partial charge in [0.2, 0.25) is 5.91 Å². The molecular formula is C23H34FN5O3. The zero-order valence-corrected chi connectivity index (χ0v) is 18.7. The Labute approximate surface area is 188 Å². The van der Waals surface area contributed by atoms with Gasteiger partial charge in [0.05, 0.1) is 18.1 Å². The first kappa shape index (κ1) is 23.1. The van der Waals surface area contributed by atoms with E-state index in [1.807, 2.05) is 6.92 Å². The first-order valence-corrected chi connectivity index (χ1v) is 11.7. The van der Waals surface area contributed by atoms with Crippen LogP contribution in [0.25, 0.3) is 0 Å². The van der Waals surface area contributed by atoms with E-state index in [0.29, 0.717) is 32.7 Å². The minimum atomic E-state index is -0.490. The summed E-state index contributed by atoms with van der Waals surface area (Å²) in [5.41, 5.74) is 6.89. The average molecular weight is 448 g/mol. The van der Waals surface area contributed by atoms with E-state index >= 15 is 0 Å². The SMILES string of the molecule is CCOCCN1CCN(C(=O)c2cc(CC3NNC(=O)C4CCCNC34)ccc2F)CC1. The lowest BCUT2D eigenvalue weighted by atomic mass is 9.82. The number of hydrogen-bond acceptors (Lipinski definition) is 6. The number of piperazine rings is 1. The Hall–Kier alpha value is -2.07. The standard InChI is InChI=1S/C23H34FN5O3/c1-2-32-13-12-28-8-10-29(11-9-28)23(31)18-14-16(5-6-19(18)24)15-20-21-17(4-3-7-25-21)22(30)27-26-20/h5-6,14,17,20-21,25-26H,2-4,7-13,15H2,1H3,(H,27,30). The van der Waals surface area contributed by atoms with Crippen molar-refractivity contribution in [3.8, 4) is 0 Å². The summed E-state index contributed by atoms with van der Waals surface area (Å²) in [6.07, 6.45) is 2.45. The molecule has 8 nitrogen and oxygen atoms in total. The van der Waals surface area contributed by atoms with Gasteiger partial charge >= 0.3 is 0 Å². The van der Waals surface area contributed by atoms with E-state index < -0.39 is 5.82 Å². The lowest BCUT2D eigenvalue weighted by molar-refractivity contribution is -0.131. The number of carbonyl (C=O) groups is 2. The van der Waals surface area contributed by atoms with Gasteiger partial charge in [-0.3, -0.25) is 19.9 Å². The van der Waals surface area contributed by atoms with Crippen LogP contribution in [0.3, 0.4) is 0 Å². The minimum Gasteiger partial charge on any atom is -0.380 e. The second kappa shape index (κ2) is 10.7. The van der Waals surface area contributed by atoms with E-state index in [1.165, 1.54) is 6.07 Å². The highest BCUT2D eigenvalue weighted by Crippen LogP contribution is 2.24. The number of rotatable bonds is 7. The van der Waals surface area contributed by atoms with Gasteiger partial charge in [0.25, 0.3) is 5.91 Å². The maximum atomic E-state index is 14.6. The smallest absolute Gasteiger partial charge is 0.256 e. The number of amides is 2. The molecule has 1 aromatic rings. The van der Waals surface area contributed by atoms with Gasteiger partial charge in [-0.1, -0.05) is 6.07 Å². The number of fused-ring (bicyclic) bond motifs is 1.